The average molecular weight is 351 g/mol. The second-order valence-electron chi connectivity index (χ2n) is 6.32. The molecule has 1 N–H and O–H groups in total. The molecule has 132 valence electrons. The summed E-state index contributed by atoms with van der Waals surface area (Å²) in [5.41, 5.74) is 0.382. The summed E-state index contributed by atoms with van der Waals surface area (Å²) in [4.78, 5) is 23.7. The van der Waals surface area contributed by atoms with Crippen LogP contribution in [-0.2, 0) is 20.9 Å². The number of alkyl carbamates (subject to hydrolysis) is 1. The summed E-state index contributed by atoms with van der Waals surface area (Å²) in [5, 5.41) is 2.73. The van der Waals surface area contributed by atoms with Crippen LogP contribution in [0.15, 0.2) is 42.2 Å². The van der Waals surface area contributed by atoms with Gasteiger partial charge in [0.1, 0.15) is 12.2 Å². The molecule has 1 aromatic carbocycles. The maximum Gasteiger partial charge on any atom is 0.408 e. The van der Waals surface area contributed by atoms with Gasteiger partial charge in [-0.3, -0.25) is 4.79 Å². The SMILES string of the molecule is CC(C)(C)OC(=O)N[C@H](/C=C\P)CCC(=O)OCc1ccccc1. The van der Waals surface area contributed by atoms with E-state index in [0.29, 0.717) is 6.42 Å². The minimum absolute atomic E-state index is 0.211. The van der Waals surface area contributed by atoms with Gasteiger partial charge in [-0.15, -0.1) is 9.24 Å². The fourth-order valence-corrected chi connectivity index (χ4v) is 2.16. The quantitative estimate of drug-likeness (QED) is 0.600. The Morgan fingerprint density at radius 1 is 1.25 bits per heavy atom. The lowest BCUT2D eigenvalue weighted by Gasteiger charge is -2.22. The number of benzene rings is 1. The highest BCUT2D eigenvalue weighted by Crippen LogP contribution is 2.09. The standard InChI is InChI=1S/C18H26NO4P/c1-18(2,3)23-17(21)19-15(11-12-24)9-10-16(20)22-13-14-7-5-4-6-8-14/h4-8,11-12,15H,9-10,13,24H2,1-3H3,(H,19,21)/b12-11-/t15-/m0/s1. The minimum Gasteiger partial charge on any atom is -0.461 e. The van der Waals surface area contributed by atoms with E-state index in [9.17, 15) is 9.59 Å². The van der Waals surface area contributed by atoms with E-state index in [4.69, 9.17) is 9.47 Å². The molecule has 0 heterocycles. The smallest absolute Gasteiger partial charge is 0.408 e. The molecule has 1 unspecified atom stereocenters. The van der Waals surface area contributed by atoms with E-state index in [0.717, 1.165) is 5.56 Å². The first-order chi connectivity index (χ1) is 11.3. The van der Waals surface area contributed by atoms with E-state index in [2.05, 4.69) is 14.6 Å². The van der Waals surface area contributed by atoms with Crippen LogP contribution in [0.2, 0.25) is 0 Å². The molecule has 0 radical (unpaired) electrons. The molecule has 0 aliphatic heterocycles. The van der Waals surface area contributed by atoms with Gasteiger partial charge in [-0.1, -0.05) is 42.2 Å². The predicted molar refractivity (Wildman–Crippen MR) is 97.5 cm³/mol. The van der Waals surface area contributed by atoms with Crippen LogP contribution in [0.25, 0.3) is 0 Å². The van der Waals surface area contributed by atoms with Crippen LogP contribution in [0.4, 0.5) is 4.79 Å². The van der Waals surface area contributed by atoms with E-state index in [1.807, 2.05) is 30.3 Å². The largest absolute Gasteiger partial charge is 0.461 e. The van der Waals surface area contributed by atoms with Gasteiger partial charge in [0.2, 0.25) is 0 Å². The number of amides is 1. The van der Waals surface area contributed by atoms with Gasteiger partial charge in [0.25, 0.3) is 0 Å². The molecule has 0 aromatic heterocycles. The van der Waals surface area contributed by atoms with Crippen molar-refractivity contribution in [1.29, 1.82) is 0 Å². The molecule has 0 saturated carbocycles. The van der Waals surface area contributed by atoms with E-state index in [-0.39, 0.29) is 25.0 Å². The Kier molecular flexibility index (Phi) is 8.48. The monoisotopic (exact) mass is 351 g/mol. The first-order valence-electron chi connectivity index (χ1n) is 7.87. The lowest BCUT2D eigenvalue weighted by molar-refractivity contribution is -0.145. The van der Waals surface area contributed by atoms with E-state index < -0.39 is 11.7 Å². The zero-order valence-corrected chi connectivity index (χ0v) is 15.6. The molecule has 6 heteroatoms. The Bertz CT molecular complexity index is 552. The van der Waals surface area contributed by atoms with Crippen LogP contribution in [0, 0.1) is 0 Å². The van der Waals surface area contributed by atoms with Crippen LogP contribution >= 0.6 is 9.24 Å². The molecule has 0 bridgehead atoms. The molecular formula is C18H26NO4P. The molecule has 0 aliphatic rings. The van der Waals surface area contributed by atoms with Gasteiger partial charge in [0.15, 0.2) is 0 Å². The second-order valence-corrected chi connectivity index (χ2v) is 6.71. The third kappa shape index (κ3) is 9.31. The summed E-state index contributed by atoms with van der Waals surface area (Å²) in [6.07, 6.45) is 1.94. The lowest BCUT2D eigenvalue weighted by atomic mass is 10.1. The zero-order chi connectivity index (χ0) is 18.0. The summed E-state index contributed by atoms with van der Waals surface area (Å²) in [5.74, 6) is 1.45. The third-order valence-corrected chi connectivity index (χ3v) is 3.17. The van der Waals surface area contributed by atoms with Gasteiger partial charge in [0, 0.05) is 6.42 Å². The van der Waals surface area contributed by atoms with Crippen molar-refractivity contribution in [3.8, 4) is 0 Å². The molecule has 0 saturated heterocycles. The molecule has 0 aliphatic carbocycles. The van der Waals surface area contributed by atoms with Gasteiger partial charge >= 0.3 is 12.1 Å². The van der Waals surface area contributed by atoms with Gasteiger partial charge in [0.05, 0.1) is 6.04 Å². The minimum atomic E-state index is -0.562. The number of carbonyl (C=O) groups is 2. The first-order valence-corrected chi connectivity index (χ1v) is 8.54. The highest BCUT2D eigenvalue weighted by atomic mass is 31.0. The fraction of sp³-hybridized carbons (Fsp3) is 0.444. The van der Waals surface area contributed by atoms with Crippen LogP contribution in [0.3, 0.4) is 0 Å². The maximum atomic E-state index is 11.8. The number of nitrogens with one attached hydrogen (secondary N) is 1. The molecule has 5 nitrogen and oxygen atoms in total. The lowest BCUT2D eigenvalue weighted by Crippen LogP contribution is -2.38. The van der Waals surface area contributed by atoms with Crippen molar-refractivity contribution in [3.05, 3.63) is 47.8 Å². The van der Waals surface area contributed by atoms with Crippen LogP contribution in [-0.4, -0.2) is 23.7 Å². The average Bonchev–Trinajstić information content (AvgIpc) is 2.50. The predicted octanol–water partition coefficient (Wildman–Crippen LogP) is 3.79. The van der Waals surface area contributed by atoms with Crippen molar-refractivity contribution < 1.29 is 19.1 Å². The summed E-state index contributed by atoms with van der Waals surface area (Å²) in [6.45, 7) is 5.65. The van der Waals surface area contributed by atoms with Crippen molar-refractivity contribution in [2.24, 2.45) is 0 Å². The number of carbonyl (C=O) groups excluding carboxylic acids is 2. The van der Waals surface area contributed by atoms with Gasteiger partial charge in [-0.25, -0.2) is 4.79 Å². The molecule has 1 amide bonds. The Labute approximate surface area is 146 Å². The topological polar surface area (TPSA) is 64.6 Å². The maximum absolute atomic E-state index is 11.8. The highest BCUT2D eigenvalue weighted by Gasteiger charge is 2.19. The summed E-state index contributed by atoms with van der Waals surface area (Å²) in [7, 11) is 2.45. The molecule has 24 heavy (non-hydrogen) atoms. The number of rotatable bonds is 7. The van der Waals surface area contributed by atoms with Crippen molar-refractivity contribution in [2.45, 2.75) is 51.9 Å². The zero-order valence-electron chi connectivity index (χ0n) is 14.5. The summed E-state index contributed by atoms with van der Waals surface area (Å²) < 4.78 is 10.4. The highest BCUT2D eigenvalue weighted by molar-refractivity contribution is 7.20. The third-order valence-electron chi connectivity index (χ3n) is 2.95. The van der Waals surface area contributed by atoms with Gasteiger partial charge < -0.3 is 14.8 Å². The van der Waals surface area contributed by atoms with E-state index >= 15 is 0 Å². The molecular weight excluding hydrogens is 325 g/mol. The normalized spacial score (nSPS) is 12.7. The van der Waals surface area contributed by atoms with Crippen LogP contribution in [0.5, 0.6) is 0 Å². The number of esters is 1. The van der Waals surface area contributed by atoms with Crippen molar-refractivity contribution in [1.82, 2.24) is 5.32 Å². The van der Waals surface area contributed by atoms with Crippen molar-refractivity contribution in [3.63, 3.8) is 0 Å². The Balaban J connectivity index is 2.39. The summed E-state index contributed by atoms with van der Waals surface area (Å²) >= 11 is 0. The van der Waals surface area contributed by atoms with E-state index in [1.54, 1.807) is 32.7 Å². The first kappa shape index (κ1) is 20.2. The molecule has 1 aromatic rings. The van der Waals surface area contributed by atoms with Crippen molar-refractivity contribution >= 4 is 21.3 Å². The Morgan fingerprint density at radius 2 is 1.92 bits per heavy atom. The fourth-order valence-electron chi connectivity index (χ4n) is 1.89. The number of hydrogen-bond acceptors (Lipinski definition) is 4. The summed E-state index contributed by atoms with van der Waals surface area (Å²) in [6, 6.07) is 9.21. The Morgan fingerprint density at radius 3 is 2.50 bits per heavy atom. The molecule has 0 spiro atoms. The van der Waals surface area contributed by atoms with Gasteiger partial charge in [-0.05, 0) is 32.8 Å². The number of hydrogen-bond donors (Lipinski definition) is 1. The van der Waals surface area contributed by atoms with Crippen LogP contribution in [0.1, 0.15) is 39.2 Å². The molecule has 2 atom stereocenters. The number of ether oxygens (including phenoxy) is 2. The Hall–Kier alpha value is -1.87. The van der Waals surface area contributed by atoms with E-state index in [1.165, 1.54) is 0 Å². The van der Waals surface area contributed by atoms with Crippen molar-refractivity contribution in [2.75, 3.05) is 0 Å². The second kappa shape index (κ2) is 10.1. The van der Waals surface area contributed by atoms with Crippen LogP contribution < -0.4 is 5.32 Å². The molecule has 0 fully saturated rings. The molecule has 1 rings (SSSR count). The van der Waals surface area contributed by atoms with Gasteiger partial charge in [-0.2, -0.15) is 0 Å².